The highest BCUT2D eigenvalue weighted by Crippen LogP contribution is 2.06. The number of hydrazine groups is 1. The molecule has 1 aromatic rings. The minimum absolute atomic E-state index is 0.131. The second kappa shape index (κ2) is 4.23. The highest BCUT2D eigenvalue weighted by atomic mass is 16.2. The van der Waals surface area contributed by atoms with Gasteiger partial charge in [0.1, 0.15) is 0 Å². The quantitative estimate of drug-likeness (QED) is 0.722. The van der Waals surface area contributed by atoms with Crippen LogP contribution in [0.4, 0.5) is 0 Å². The van der Waals surface area contributed by atoms with Crippen molar-refractivity contribution < 1.29 is 4.79 Å². The van der Waals surface area contributed by atoms with Crippen molar-refractivity contribution in [2.75, 3.05) is 13.1 Å². The third kappa shape index (κ3) is 2.11. The summed E-state index contributed by atoms with van der Waals surface area (Å²) in [7, 11) is 0. The maximum Gasteiger partial charge on any atom is 0.286 e. The molecule has 2 heterocycles. The second-order valence-corrected chi connectivity index (χ2v) is 3.45. The molecule has 0 bridgehead atoms. The van der Waals surface area contributed by atoms with Gasteiger partial charge in [0, 0.05) is 19.3 Å². The smallest absolute Gasteiger partial charge is 0.285 e. The van der Waals surface area contributed by atoms with Crippen LogP contribution in [0.25, 0.3) is 0 Å². The van der Waals surface area contributed by atoms with Crippen LogP contribution in [0.2, 0.25) is 0 Å². The first-order chi connectivity index (χ1) is 6.86. The number of H-pyrrole nitrogens is 1. The number of carbonyl (C=O) groups is 1. The van der Waals surface area contributed by atoms with Gasteiger partial charge in [-0.1, -0.05) is 6.42 Å². The summed E-state index contributed by atoms with van der Waals surface area (Å²) in [6.07, 6.45) is 5.21. The molecule has 0 saturated carbocycles. The predicted molar refractivity (Wildman–Crippen MR) is 51.5 cm³/mol. The molecule has 0 unspecified atom stereocenters. The normalized spacial score (nSPS) is 18.0. The molecule has 2 N–H and O–H groups in total. The van der Waals surface area contributed by atoms with Gasteiger partial charge in [-0.2, -0.15) is 5.10 Å². The van der Waals surface area contributed by atoms with E-state index in [1.165, 1.54) is 6.42 Å². The van der Waals surface area contributed by atoms with Gasteiger partial charge >= 0.3 is 0 Å². The summed E-state index contributed by atoms with van der Waals surface area (Å²) in [5.41, 5.74) is 3.27. The van der Waals surface area contributed by atoms with Crippen molar-refractivity contribution in [1.29, 1.82) is 0 Å². The van der Waals surface area contributed by atoms with Crippen LogP contribution in [0.15, 0.2) is 12.3 Å². The lowest BCUT2D eigenvalue weighted by atomic mass is 10.2. The monoisotopic (exact) mass is 194 g/mol. The molecule has 14 heavy (non-hydrogen) atoms. The zero-order valence-electron chi connectivity index (χ0n) is 7.99. The van der Waals surface area contributed by atoms with Crippen molar-refractivity contribution in [2.45, 2.75) is 19.3 Å². The Morgan fingerprint density at radius 1 is 1.43 bits per heavy atom. The van der Waals surface area contributed by atoms with Gasteiger partial charge in [0.05, 0.1) is 0 Å². The number of carbonyl (C=O) groups excluding carboxylic acids is 1. The Hall–Kier alpha value is -1.36. The van der Waals surface area contributed by atoms with Crippen molar-refractivity contribution in [3.8, 4) is 0 Å². The minimum atomic E-state index is -0.131. The Morgan fingerprint density at radius 3 is 2.86 bits per heavy atom. The van der Waals surface area contributed by atoms with Crippen LogP contribution in [0, 0.1) is 0 Å². The van der Waals surface area contributed by atoms with Crippen LogP contribution in [0.5, 0.6) is 0 Å². The van der Waals surface area contributed by atoms with Crippen LogP contribution >= 0.6 is 0 Å². The third-order valence-corrected chi connectivity index (χ3v) is 2.35. The largest absolute Gasteiger partial charge is 0.286 e. The number of amides is 1. The van der Waals surface area contributed by atoms with E-state index in [4.69, 9.17) is 0 Å². The van der Waals surface area contributed by atoms with Crippen molar-refractivity contribution in [3.05, 3.63) is 18.0 Å². The highest BCUT2D eigenvalue weighted by molar-refractivity contribution is 5.91. The molecule has 0 atom stereocenters. The molecule has 0 aliphatic carbocycles. The van der Waals surface area contributed by atoms with Gasteiger partial charge in [0.25, 0.3) is 5.91 Å². The highest BCUT2D eigenvalue weighted by Gasteiger charge is 2.14. The molecular formula is C9H14N4O. The van der Waals surface area contributed by atoms with Crippen LogP contribution in [-0.2, 0) is 0 Å². The standard InChI is InChI=1S/C9H14N4O/c14-9(8-4-5-10-11-8)12-13-6-2-1-3-7-13/h4-5H,1-3,6-7H2,(H,10,11)(H,12,14). The summed E-state index contributed by atoms with van der Waals surface area (Å²) in [4.78, 5) is 11.5. The lowest BCUT2D eigenvalue weighted by Crippen LogP contribution is -2.45. The fraction of sp³-hybridized carbons (Fsp3) is 0.556. The van der Waals surface area contributed by atoms with E-state index in [2.05, 4.69) is 15.6 Å². The van der Waals surface area contributed by atoms with Crippen LogP contribution in [0.1, 0.15) is 29.8 Å². The Kier molecular flexibility index (Phi) is 2.78. The van der Waals surface area contributed by atoms with E-state index in [9.17, 15) is 4.79 Å². The van der Waals surface area contributed by atoms with Crippen LogP contribution in [0.3, 0.4) is 0 Å². The number of nitrogens with zero attached hydrogens (tertiary/aromatic N) is 2. The fourth-order valence-electron chi connectivity index (χ4n) is 1.59. The number of hydrogen-bond donors (Lipinski definition) is 2. The summed E-state index contributed by atoms with van der Waals surface area (Å²) >= 11 is 0. The zero-order chi connectivity index (χ0) is 9.80. The Balaban J connectivity index is 1.87. The summed E-state index contributed by atoms with van der Waals surface area (Å²) in [6.45, 7) is 1.88. The van der Waals surface area contributed by atoms with E-state index in [-0.39, 0.29) is 5.91 Å². The molecule has 1 aromatic heterocycles. The summed E-state index contributed by atoms with van der Waals surface area (Å²) in [5.74, 6) is -0.131. The number of aromatic amines is 1. The molecule has 0 radical (unpaired) electrons. The number of rotatable bonds is 2. The number of nitrogens with one attached hydrogen (secondary N) is 2. The lowest BCUT2D eigenvalue weighted by Gasteiger charge is -2.26. The van der Waals surface area contributed by atoms with Crippen LogP contribution < -0.4 is 5.43 Å². The summed E-state index contributed by atoms with van der Waals surface area (Å²) < 4.78 is 0. The van der Waals surface area contributed by atoms with E-state index in [0.717, 1.165) is 25.9 Å². The summed E-state index contributed by atoms with van der Waals surface area (Å²) in [5, 5.41) is 8.40. The van der Waals surface area contributed by atoms with Crippen molar-refractivity contribution in [3.63, 3.8) is 0 Å². The topological polar surface area (TPSA) is 61.0 Å². The average Bonchev–Trinajstić information content (AvgIpc) is 2.72. The second-order valence-electron chi connectivity index (χ2n) is 3.45. The fourth-order valence-corrected chi connectivity index (χ4v) is 1.59. The Morgan fingerprint density at radius 2 is 2.21 bits per heavy atom. The van der Waals surface area contributed by atoms with E-state index in [1.54, 1.807) is 12.3 Å². The molecule has 1 saturated heterocycles. The van der Waals surface area contributed by atoms with Gasteiger partial charge in [0.15, 0.2) is 5.69 Å². The average molecular weight is 194 g/mol. The third-order valence-electron chi connectivity index (χ3n) is 2.35. The minimum Gasteiger partial charge on any atom is -0.285 e. The van der Waals surface area contributed by atoms with Gasteiger partial charge in [-0.25, -0.2) is 5.01 Å². The van der Waals surface area contributed by atoms with Crippen molar-refractivity contribution in [1.82, 2.24) is 20.6 Å². The van der Waals surface area contributed by atoms with Gasteiger partial charge in [0.2, 0.25) is 0 Å². The first-order valence-corrected chi connectivity index (χ1v) is 4.92. The maximum absolute atomic E-state index is 11.5. The first kappa shape index (κ1) is 9.21. The van der Waals surface area contributed by atoms with E-state index in [0.29, 0.717) is 5.69 Å². The van der Waals surface area contributed by atoms with Gasteiger partial charge < -0.3 is 0 Å². The molecule has 76 valence electrons. The van der Waals surface area contributed by atoms with E-state index >= 15 is 0 Å². The predicted octanol–water partition coefficient (Wildman–Crippen LogP) is 0.540. The molecule has 2 rings (SSSR count). The zero-order valence-corrected chi connectivity index (χ0v) is 7.99. The Labute approximate surface area is 82.5 Å². The number of aromatic nitrogens is 2. The van der Waals surface area contributed by atoms with Gasteiger partial charge in [-0.3, -0.25) is 15.3 Å². The van der Waals surface area contributed by atoms with Crippen molar-refractivity contribution >= 4 is 5.91 Å². The molecule has 1 amide bonds. The molecular weight excluding hydrogens is 180 g/mol. The Bertz CT molecular complexity index is 290. The molecule has 0 aromatic carbocycles. The molecule has 1 fully saturated rings. The number of piperidine rings is 1. The molecule has 5 heteroatoms. The first-order valence-electron chi connectivity index (χ1n) is 4.92. The van der Waals surface area contributed by atoms with E-state index in [1.807, 2.05) is 5.01 Å². The van der Waals surface area contributed by atoms with E-state index < -0.39 is 0 Å². The van der Waals surface area contributed by atoms with Gasteiger partial charge in [-0.15, -0.1) is 0 Å². The molecule has 1 aliphatic heterocycles. The van der Waals surface area contributed by atoms with Gasteiger partial charge in [-0.05, 0) is 18.9 Å². The maximum atomic E-state index is 11.5. The van der Waals surface area contributed by atoms with Crippen LogP contribution in [-0.4, -0.2) is 34.2 Å². The molecule has 1 aliphatic rings. The SMILES string of the molecule is O=C(NN1CCCCC1)c1cc[nH]n1. The summed E-state index contributed by atoms with van der Waals surface area (Å²) in [6, 6.07) is 1.67. The molecule has 5 nitrogen and oxygen atoms in total. The number of hydrogen-bond acceptors (Lipinski definition) is 3. The lowest BCUT2D eigenvalue weighted by molar-refractivity contribution is 0.0744. The van der Waals surface area contributed by atoms with Crippen molar-refractivity contribution in [2.24, 2.45) is 0 Å². The molecule has 0 spiro atoms.